The smallest absolute Gasteiger partial charge is 0.147 e. The largest absolute Gasteiger partial charge is 0.377 e. The van der Waals surface area contributed by atoms with Gasteiger partial charge in [0.05, 0.1) is 16.7 Å². The minimum absolute atomic E-state index is 0.0994. The van der Waals surface area contributed by atoms with E-state index in [9.17, 15) is 4.39 Å². The molecule has 1 atom stereocenters. The van der Waals surface area contributed by atoms with Crippen molar-refractivity contribution in [3.05, 3.63) is 33.0 Å². The van der Waals surface area contributed by atoms with Crippen molar-refractivity contribution < 1.29 is 9.13 Å². The van der Waals surface area contributed by atoms with Gasteiger partial charge in [-0.05, 0) is 42.4 Å². The van der Waals surface area contributed by atoms with Crippen molar-refractivity contribution in [2.45, 2.75) is 32.4 Å². The number of methoxy groups -OCH3 is 1. The molecule has 0 amide bonds. The Morgan fingerprint density at radius 2 is 2.11 bits per heavy atom. The van der Waals surface area contributed by atoms with Gasteiger partial charge in [-0.25, -0.2) is 4.39 Å². The third kappa shape index (κ3) is 3.23. The Labute approximate surface area is 121 Å². The van der Waals surface area contributed by atoms with Crippen LogP contribution < -0.4 is 5.32 Å². The Bertz CT molecular complexity index is 426. The maximum absolute atomic E-state index is 14.2. The number of likely N-dealkylation sites (N-methyl/N-ethyl adjacent to an activating group) is 1. The Morgan fingerprint density at radius 3 is 2.61 bits per heavy atom. The lowest BCUT2D eigenvalue weighted by atomic mass is 9.91. The highest BCUT2D eigenvalue weighted by atomic mass is 79.9. The molecule has 0 bridgehead atoms. The van der Waals surface area contributed by atoms with Crippen LogP contribution in [0.25, 0.3) is 0 Å². The fraction of sp³-hybridized carbons (Fsp3) is 0.538. The average Bonchev–Trinajstić information content (AvgIpc) is 2.34. The van der Waals surface area contributed by atoms with E-state index in [2.05, 4.69) is 21.2 Å². The lowest BCUT2D eigenvalue weighted by Gasteiger charge is -2.34. The number of hydrogen-bond donors (Lipinski definition) is 1. The monoisotopic (exact) mass is 337 g/mol. The lowest BCUT2D eigenvalue weighted by molar-refractivity contribution is -0.0116. The van der Waals surface area contributed by atoms with Gasteiger partial charge in [0.2, 0.25) is 0 Å². The number of ether oxygens (including phenoxy) is 1. The molecule has 0 heterocycles. The molecule has 1 aromatic rings. The summed E-state index contributed by atoms with van der Waals surface area (Å²) in [6.45, 7) is 6.51. The average molecular weight is 339 g/mol. The maximum atomic E-state index is 14.2. The van der Waals surface area contributed by atoms with Gasteiger partial charge >= 0.3 is 0 Å². The minimum Gasteiger partial charge on any atom is -0.377 e. The van der Waals surface area contributed by atoms with Gasteiger partial charge in [0, 0.05) is 17.1 Å². The Hall–Kier alpha value is -0.160. The number of rotatable bonds is 5. The summed E-state index contributed by atoms with van der Waals surface area (Å²) in [5.41, 5.74) is -0.0227. The molecule has 1 unspecified atom stereocenters. The molecule has 18 heavy (non-hydrogen) atoms. The summed E-state index contributed by atoms with van der Waals surface area (Å²) in [6, 6.07) is 3.20. The molecule has 0 radical (unpaired) electrons. The van der Waals surface area contributed by atoms with E-state index < -0.39 is 11.4 Å². The van der Waals surface area contributed by atoms with E-state index >= 15 is 0 Å². The predicted octanol–water partition coefficient (Wildman–Crippen LogP) is 4.32. The first-order chi connectivity index (χ1) is 8.35. The second-order valence-electron chi connectivity index (χ2n) is 4.56. The van der Waals surface area contributed by atoms with E-state index in [0.29, 0.717) is 16.6 Å². The van der Waals surface area contributed by atoms with E-state index in [1.165, 1.54) is 0 Å². The van der Waals surface area contributed by atoms with Crippen molar-refractivity contribution in [3.63, 3.8) is 0 Å². The Morgan fingerprint density at radius 1 is 1.50 bits per heavy atom. The topological polar surface area (TPSA) is 21.3 Å². The molecule has 0 aliphatic rings. The van der Waals surface area contributed by atoms with E-state index in [1.54, 1.807) is 19.2 Å². The van der Waals surface area contributed by atoms with Crippen LogP contribution in [0.3, 0.4) is 0 Å². The van der Waals surface area contributed by atoms with E-state index in [0.717, 1.165) is 0 Å². The summed E-state index contributed by atoms with van der Waals surface area (Å²) < 4.78 is 20.2. The molecule has 1 aromatic carbocycles. The molecule has 5 heteroatoms. The van der Waals surface area contributed by atoms with Gasteiger partial charge in [-0.3, -0.25) is 0 Å². The van der Waals surface area contributed by atoms with Crippen molar-refractivity contribution in [1.82, 2.24) is 5.32 Å². The predicted molar refractivity (Wildman–Crippen MR) is 76.6 cm³/mol. The first-order valence-electron chi connectivity index (χ1n) is 5.77. The molecule has 0 spiro atoms. The third-order valence-electron chi connectivity index (χ3n) is 3.01. The van der Waals surface area contributed by atoms with E-state index in [1.807, 2.05) is 20.8 Å². The van der Waals surface area contributed by atoms with Crippen LogP contribution in [0.5, 0.6) is 0 Å². The fourth-order valence-corrected chi connectivity index (χ4v) is 2.29. The Kier molecular flexibility index (Phi) is 5.59. The summed E-state index contributed by atoms with van der Waals surface area (Å²) in [4.78, 5) is 0. The van der Waals surface area contributed by atoms with Crippen LogP contribution in [0.2, 0.25) is 5.02 Å². The van der Waals surface area contributed by atoms with Crippen molar-refractivity contribution in [2.24, 2.45) is 0 Å². The highest BCUT2D eigenvalue weighted by molar-refractivity contribution is 9.10. The standard InChI is InChI=1S/C13H18BrClFNO/c1-5-17-12(13(2,3)18-4)8-6-7-9(14)10(15)11(8)16/h6-7,12,17H,5H2,1-4H3. The van der Waals surface area contributed by atoms with Gasteiger partial charge < -0.3 is 10.1 Å². The zero-order valence-electron chi connectivity index (χ0n) is 11.0. The zero-order chi connectivity index (χ0) is 13.9. The van der Waals surface area contributed by atoms with Crippen LogP contribution in [0.1, 0.15) is 32.4 Å². The SMILES string of the molecule is CCNC(c1ccc(Br)c(Cl)c1F)C(C)(C)OC. The zero-order valence-corrected chi connectivity index (χ0v) is 13.3. The van der Waals surface area contributed by atoms with Gasteiger partial charge in [0.25, 0.3) is 0 Å². The van der Waals surface area contributed by atoms with E-state index in [4.69, 9.17) is 16.3 Å². The van der Waals surface area contributed by atoms with E-state index in [-0.39, 0.29) is 11.1 Å². The summed E-state index contributed by atoms with van der Waals surface area (Å²) in [5.74, 6) is -0.415. The molecule has 0 aliphatic heterocycles. The summed E-state index contributed by atoms with van der Waals surface area (Å²) in [6.07, 6.45) is 0. The number of halogens is 3. The van der Waals surface area contributed by atoms with Gasteiger partial charge in [-0.15, -0.1) is 0 Å². The van der Waals surface area contributed by atoms with Crippen molar-refractivity contribution in [2.75, 3.05) is 13.7 Å². The van der Waals surface area contributed by atoms with Crippen LogP contribution in [0.15, 0.2) is 16.6 Å². The van der Waals surface area contributed by atoms with Gasteiger partial charge in [0.1, 0.15) is 5.82 Å². The molecule has 2 nitrogen and oxygen atoms in total. The minimum atomic E-state index is -0.534. The maximum Gasteiger partial charge on any atom is 0.147 e. The van der Waals surface area contributed by atoms with Crippen molar-refractivity contribution in [3.8, 4) is 0 Å². The molecule has 0 fully saturated rings. The highest BCUT2D eigenvalue weighted by Crippen LogP contribution is 2.35. The Balaban J connectivity index is 3.27. The van der Waals surface area contributed by atoms with Crippen molar-refractivity contribution >= 4 is 27.5 Å². The highest BCUT2D eigenvalue weighted by Gasteiger charge is 2.32. The summed E-state index contributed by atoms with van der Waals surface area (Å²) in [7, 11) is 1.61. The number of nitrogens with one attached hydrogen (secondary N) is 1. The first kappa shape index (κ1) is 15.9. The van der Waals surface area contributed by atoms with Crippen LogP contribution in [-0.2, 0) is 4.74 Å². The quantitative estimate of drug-likeness (QED) is 0.807. The molecule has 0 saturated heterocycles. The third-order valence-corrected chi connectivity index (χ3v) is 4.26. The van der Waals surface area contributed by atoms with Gasteiger partial charge in [-0.1, -0.05) is 24.6 Å². The van der Waals surface area contributed by atoms with Gasteiger partial charge in [0.15, 0.2) is 0 Å². The first-order valence-corrected chi connectivity index (χ1v) is 6.94. The van der Waals surface area contributed by atoms with Crippen molar-refractivity contribution in [1.29, 1.82) is 0 Å². The molecule has 0 saturated carbocycles. The summed E-state index contributed by atoms with van der Waals surface area (Å²) >= 11 is 9.14. The second kappa shape index (κ2) is 6.33. The molecular weight excluding hydrogens is 321 g/mol. The number of hydrogen-bond acceptors (Lipinski definition) is 2. The molecule has 0 aliphatic carbocycles. The van der Waals surface area contributed by atoms with Crippen LogP contribution in [-0.4, -0.2) is 19.3 Å². The van der Waals surface area contributed by atoms with Crippen LogP contribution in [0, 0.1) is 5.82 Å². The lowest BCUT2D eigenvalue weighted by Crippen LogP contribution is -2.41. The fourth-order valence-electron chi connectivity index (χ4n) is 1.82. The molecule has 0 aromatic heterocycles. The van der Waals surface area contributed by atoms with Crippen LogP contribution >= 0.6 is 27.5 Å². The number of benzene rings is 1. The van der Waals surface area contributed by atoms with Crippen LogP contribution in [0.4, 0.5) is 4.39 Å². The van der Waals surface area contributed by atoms with Gasteiger partial charge in [-0.2, -0.15) is 0 Å². The summed E-state index contributed by atoms with van der Waals surface area (Å²) in [5, 5.41) is 3.34. The molecule has 1 rings (SSSR count). The molecular formula is C13H18BrClFNO. The second-order valence-corrected chi connectivity index (χ2v) is 5.80. The normalized spacial score (nSPS) is 13.7. The molecule has 1 N–H and O–H groups in total. The molecule has 102 valence electrons.